The molecule has 0 saturated heterocycles. The van der Waals surface area contributed by atoms with Crippen molar-refractivity contribution in [3.63, 3.8) is 0 Å². The molecule has 0 atom stereocenters. The molecule has 0 unspecified atom stereocenters. The van der Waals surface area contributed by atoms with E-state index < -0.39 is 0 Å². The molecule has 0 amide bonds. The summed E-state index contributed by atoms with van der Waals surface area (Å²) in [5, 5.41) is 27.5. The summed E-state index contributed by atoms with van der Waals surface area (Å²) >= 11 is 1.61. The van der Waals surface area contributed by atoms with Crippen LogP contribution in [-0.2, 0) is 0 Å². The number of hydrogen-bond acceptors (Lipinski definition) is 7. The molecule has 0 radical (unpaired) electrons. The summed E-state index contributed by atoms with van der Waals surface area (Å²) in [6.45, 7) is 0. The van der Waals surface area contributed by atoms with Gasteiger partial charge in [-0.15, -0.1) is 26.6 Å². The SMILES string of the molecule is c1cc2c(cc(-c3nn[nH]n3)c3nnnn32)s1. The lowest BCUT2D eigenvalue weighted by molar-refractivity contribution is 0.842. The summed E-state index contributed by atoms with van der Waals surface area (Å²) < 4.78 is 2.75. The molecule has 0 saturated carbocycles. The van der Waals surface area contributed by atoms with Crippen molar-refractivity contribution in [2.24, 2.45) is 0 Å². The first-order chi connectivity index (χ1) is 8.43. The fourth-order valence-corrected chi connectivity index (χ4v) is 2.56. The molecule has 0 spiro atoms. The smallest absolute Gasteiger partial charge is 0.191 e. The predicted octanol–water partition coefficient (Wildman–Crippen LogP) is 0.519. The maximum Gasteiger partial charge on any atom is 0.208 e. The average molecular weight is 244 g/mol. The molecule has 4 rings (SSSR count). The van der Waals surface area contributed by atoms with Crippen molar-refractivity contribution in [2.45, 2.75) is 0 Å². The highest BCUT2D eigenvalue weighted by molar-refractivity contribution is 7.17. The fraction of sp³-hybridized carbons (Fsp3) is 0. The zero-order valence-corrected chi connectivity index (χ0v) is 9.09. The number of hydrogen-bond donors (Lipinski definition) is 1. The lowest BCUT2D eigenvalue weighted by Crippen LogP contribution is -1.92. The van der Waals surface area contributed by atoms with E-state index in [1.165, 1.54) is 0 Å². The first-order valence-electron chi connectivity index (χ1n) is 4.75. The fourth-order valence-electron chi connectivity index (χ4n) is 1.75. The van der Waals surface area contributed by atoms with Crippen molar-refractivity contribution >= 4 is 27.2 Å². The van der Waals surface area contributed by atoms with E-state index in [9.17, 15) is 0 Å². The molecule has 0 bridgehead atoms. The molecule has 0 fully saturated rings. The molecule has 1 N–H and O–H groups in total. The molecular formula is C8H4N8S. The standard InChI is InChI=1S/C8H4N8S/c1-2-17-6-3-4(7-9-12-13-10-7)8-11-14-15-16(8)5(1)6/h1-3H,(H,9,10,12,13). The maximum atomic E-state index is 3.99. The summed E-state index contributed by atoms with van der Waals surface area (Å²) in [4.78, 5) is 0. The minimum Gasteiger partial charge on any atom is -0.191 e. The molecular weight excluding hydrogens is 240 g/mol. The molecule has 8 nitrogen and oxygen atoms in total. The molecule has 4 aromatic rings. The van der Waals surface area contributed by atoms with Gasteiger partial charge in [0.2, 0.25) is 5.82 Å². The van der Waals surface area contributed by atoms with Gasteiger partial charge in [-0.05, 0) is 33.2 Å². The van der Waals surface area contributed by atoms with Gasteiger partial charge in [0.1, 0.15) is 0 Å². The summed E-state index contributed by atoms with van der Waals surface area (Å²) in [5.74, 6) is 0.486. The predicted molar refractivity (Wildman–Crippen MR) is 59.3 cm³/mol. The third-order valence-electron chi connectivity index (χ3n) is 2.47. The molecule has 0 aliphatic carbocycles. The first kappa shape index (κ1) is 8.70. The quantitative estimate of drug-likeness (QED) is 0.524. The lowest BCUT2D eigenvalue weighted by Gasteiger charge is -1.98. The van der Waals surface area contributed by atoms with E-state index in [0.717, 1.165) is 15.8 Å². The number of nitrogens with one attached hydrogen (secondary N) is 1. The minimum absolute atomic E-state index is 0.486. The van der Waals surface area contributed by atoms with Crippen LogP contribution in [0.25, 0.3) is 27.3 Å². The number of H-pyrrole nitrogens is 1. The first-order valence-corrected chi connectivity index (χ1v) is 5.63. The molecule has 0 aliphatic rings. The van der Waals surface area contributed by atoms with Crippen LogP contribution in [0.3, 0.4) is 0 Å². The maximum absolute atomic E-state index is 3.99. The van der Waals surface area contributed by atoms with E-state index in [4.69, 9.17) is 0 Å². The number of tetrazole rings is 2. The topological polar surface area (TPSA) is 97.5 Å². The van der Waals surface area contributed by atoms with Crippen LogP contribution >= 0.6 is 11.3 Å². The number of aromatic amines is 1. The van der Waals surface area contributed by atoms with E-state index in [1.807, 2.05) is 17.5 Å². The second-order valence-corrected chi connectivity index (χ2v) is 4.33. The highest BCUT2D eigenvalue weighted by Crippen LogP contribution is 2.28. The lowest BCUT2D eigenvalue weighted by atomic mass is 10.2. The molecule has 9 heteroatoms. The van der Waals surface area contributed by atoms with E-state index in [2.05, 4.69) is 36.1 Å². The van der Waals surface area contributed by atoms with Crippen LogP contribution < -0.4 is 0 Å². The molecule has 4 heterocycles. The van der Waals surface area contributed by atoms with Gasteiger partial charge in [0.15, 0.2) is 5.65 Å². The molecule has 0 aromatic carbocycles. The van der Waals surface area contributed by atoms with Gasteiger partial charge in [-0.3, -0.25) is 0 Å². The highest BCUT2D eigenvalue weighted by atomic mass is 32.1. The van der Waals surface area contributed by atoms with Crippen molar-refractivity contribution in [1.82, 2.24) is 40.7 Å². The summed E-state index contributed by atoms with van der Waals surface area (Å²) in [6.07, 6.45) is 0. The Labute approximate surface area is 97.3 Å². The van der Waals surface area contributed by atoms with Crippen LogP contribution in [0.4, 0.5) is 0 Å². The third kappa shape index (κ3) is 1.11. The van der Waals surface area contributed by atoms with Crippen LogP contribution in [-0.4, -0.2) is 40.7 Å². The molecule has 0 aliphatic heterocycles. The van der Waals surface area contributed by atoms with Gasteiger partial charge in [0.25, 0.3) is 0 Å². The highest BCUT2D eigenvalue weighted by Gasteiger charge is 2.14. The van der Waals surface area contributed by atoms with E-state index in [1.54, 1.807) is 15.9 Å². The number of pyridine rings is 1. The Kier molecular flexibility index (Phi) is 1.56. The van der Waals surface area contributed by atoms with Gasteiger partial charge in [0.05, 0.1) is 15.8 Å². The summed E-state index contributed by atoms with van der Waals surface area (Å²) in [6, 6.07) is 3.94. The zero-order valence-electron chi connectivity index (χ0n) is 8.27. The van der Waals surface area contributed by atoms with Crippen molar-refractivity contribution in [3.05, 3.63) is 17.5 Å². The second kappa shape index (κ2) is 3.04. The van der Waals surface area contributed by atoms with Crippen LogP contribution in [0.15, 0.2) is 17.5 Å². The Hall–Kier alpha value is -2.42. The second-order valence-electron chi connectivity index (χ2n) is 3.38. The number of thiophene rings is 1. The monoisotopic (exact) mass is 244 g/mol. The Morgan fingerprint density at radius 3 is 3.18 bits per heavy atom. The van der Waals surface area contributed by atoms with Crippen molar-refractivity contribution in [1.29, 1.82) is 0 Å². The van der Waals surface area contributed by atoms with Gasteiger partial charge >= 0.3 is 0 Å². The van der Waals surface area contributed by atoms with Gasteiger partial charge in [-0.25, -0.2) is 0 Å². The van der Waals surface area contributed by atoms with E-state index in [0.29, 0.717) is 11.5 Å². The number of rotatable bonds is 1. The van der Waals surface area contributed by atoms with Crippen LogP contribution in [0, 0.1) is 0 Å². The van der Waals surface area contributed by atoms with Gasteiger partial charge in [-0.1, -0.05) is 0 Å². The van der Waals surface area contributed by atoms with Crippen LogP contribution in [0.5, 0.6) is 0 Å². The summed E-state index contributed by atoms with van der Waals surface area (Å²) in [7, 11) is 0. The van der Waals surface area contributed by atoms with Gasteiger partial charge in [-0.2, -0.15) is 9.73 Å². The number of fused-ring (bicyclic) bond motifs is 3. The Morgan fingerprint density at radius 2 is 2.29 bits per heavy atom. The van der Waals surface area contributed by atoms with Crippen molar-refractivity contribution < 1.29 is 0 Å². The Balaban J connectivity index is 2.22. The van der Waals surface area contributed by atoms with Crippen molar-refractivity contribution in [2.75, 3.05) is 0 Å². The van der Waals surface area contributed by atoms with Gasteiger partial charge in [0, 0.05) is 0 Å². The normalized spacial score (nSPS) is 11.5. The van der Waals surface area contributed by atoms with Crippen LogP contribution in [0.2, 0.25) is 0 Å². The Bertz CT molecular complexity index is 797. The van der Waals surface area contributed by atoms with E-state index in [-0.39, 0.29) is 0 Å². The molecule has 4 aromatic heterocycles. The van der Waals surface area contributed by atoms with Gasteiger partial charge < -0.3 is 0 Å². The molecule has 82 valence electrons. The number of aromatic nitrogens is 8. The molecule has 17 heavy (non-hydrogen) atoms. The third-order valence-corrected chi connectivity index (χ3v) is 3.33. The number of nitrogens with zero attached hydrogens (tertiary/aromatic N) is 7. The Morgan fingerprint density at radius 1 is 1.29 bits per heavy atom. The summed E-state index contributed by atoms with van der Waals surface area (Å²) in [5.41, 5.74) is 2.36. The van der Waals surface area contributed by atoms with E-state index >= 15 is 0 Å². The average Bonchev–Trinajstić information content (AvgIpc) is 3.09. The van der Waals surface area contributed by atoms with Crippen molar-refractivity contribution in [3.8, 4) is 11.4 Å². The zero-order chi connectivity index (χ0) is 11.2. The largest absolute Gasteiger partial charge is 0.208 e. The van der Waals surface area contributed by atoms with Crippen LogP contribution in [0.1, 0.15) is 0 Å². The minimum atomic E-state index is 0.486.